The normalized spacial score (nSPS) is 12.9. The minimum atomic E-state index is -0.152. The number of aryl methyl sites for hydroxylation is 2. The molecule has 4 N–H and O–H groups in total. The van der Waals surface area contributed by atoms with Crippen LogP contribution in [0, 0.1) is 0 Å². The van der Waals surface area contributed by atoms with Crippen molar-refractivity contribution in [3.05, 3.63) is 28.3 Å². The van der Waals surface area contributed by atoms with Crippen LogP contribution in [-0.2, 0) is 19.9 Å². The number of nitrogens with one attached hydrogen (secondary N) is 2. The molecule has 98 valence electrons. The summed E-state index contributed by atoms with van der Waals surface area (Å²) in [6.45, 7) is 2.02. The first-order valence-corrected chi connectivity index (χ1v) is 6.07. The minimum absolute atomic E-state index is 0.152. The number of nitrogens with two attached hydrogens (primary N) is 1. The van der Waals surface area contributed by atoms with Crippen LogP contribution >= 0.6 is 11.6 Å². The van der Waals surface area contributed by atoms with Gasteiger partial charge in [0.05, 0.1) is 28.6 Å². The van der Waals surface area contributed by atoms with Gasteiger partial charge in [0.1, 0.15) is 5.69 Å². The molecule has 1 atom stereocenters. The van der Waals surface area contributed by atoms with Gasteiger partial charge in [-0.25, -0.2) is 0 Å². The zero-order valence-electron chi connectivity index (χ0n) is 10.3. The van der Waals surface area contributed by atoms with Crippen molar-refractivity contribution in [3.63, 3.8) is 0 Å². The Labute approximate surface area is 110 Å². The van der Waals surface area contributed by atoms with Gasteiger partial charge < -0.3 is 0 Å². The van der Waals surface area contributed by atoms with Gasteiger partial charge in [0, 0.05) is 13.5 Å². The fourth-order valence-corrected chi connectivity index (χ4v) is 2.23. The van der Waals surface area contributed by atoms with Crippen LogP contribution in [0.2, 0.25) is 5.02 Å². The van der Waals surface area contributed by atoms with Crippen molar-refractivity contribution >= 4 is 11.6 Å². The van der Waals surface area contributed by atoms with Crippen LogP contribution in [0.3, 0.4) is 0 Å². The molecular weight excluding hydrogens is 254 g/mol. The second-order valence-corrected chi connectivity index (χ2v) is 4.38. The number of nitrogens with zero attached hydrogens (tertiary/aromatic N) is 4. The molecule has 0 radical (unpaired) electrons. The maximum absolute atomic E-state index is 6.30. The first-order chi connectivity index (χ1) is 8.67. The lowest BCUT2D eigenvalue weighted by atomic mass is 10.1. The lowest BCUT2D eigenvalue weighted by Crippen LogP contribution is -2.30. The van der Waals surface area contributed by atoms with E-state index in [0.717, 1.165) is 23.5 Å². The van der Waals surface area contributed by atoms with Gasteiger partial charge in [-0.3, -0.25) is 16.0 Å². The molecule has 0 spiro atoms. The van der Waals surface area contributed by atoms with Crippen molar-refractivity contribution in [3.8, 4) is 0 Å². The van der Waals surface area contributed by atoms with Gasteiger partial charge in [-0.15, -0.1) is 0 Å². The van der Waals surface area contributed by atoms with Crippen molar-refractivity contribution < 1.29 is 0 Å². The van der Waals surface area contributed by atoms with Crippen molar-refractivity contribution in [2.75, 3.05) is 0 Å². The summed E-state index contributed by atoms with van der Waals surface area (Å²) in [5.74, 6) is 5.55. The number of aromatic nitrogens is 5. The van der Waals surface area contributed by atoms with Crippen LogP contribution in [0.25, 0.3) is 0 Å². The summed E-state index contributed by atoms with van der Waals surface area (Å²) in [4.78, 5) is 0. The van der Waals surface area contributed by atoms with Crippen molar-refractivity contribution in [1.29, 1.82) is 0 Å². The molecule has 2 rings (SSSR count). The molecule has 2 aromatic rings. The summed E-state index contributed by atoms with van der Waals surface area (Å²) >= 11 is 6.30. The third-order valence-electron chi connectivity index (χ3n) is 2.89. The van der Waals surface area contributed by atoms with Crippen molar-refractivity contribution in [2.24, 2.45) is 12.9 Å². The smallest absolute Gasteiger partial charge is 0.101 e. The summed E-state index contributed by atoms with van der Waals surface area (Å²) in [5.41, 5.74) is 5.28. The quantitative estimate of drug-likeness (QED) is 0.542. The summed E-state index contributed by atoms with van der Waals surface area (Å²) in [7, 11) is 1.87. The molecule has 0 fully saturated rings. The molecule has 0 aromatic carbocycles. The van der Waals surface area contributed by atoms with Gasteiger partial charge in [-0.1, -0.05) is 18.5 Å². The molecule has 0 aliphatic rings. The number of aromatic amines is 1. The van der Waals surface area contributed by atoms with Crippen LogP contribution in [-0.4, -0.2) is 25.2 Å². The molecule has 0 saturated heterocycles. The molecule has 0 bridgehead atoms. The van der Waals surface area contributed by atoms with Gasteiger partial charge in [-0.05, 0) is 6.42 Å². The van der Waals surface area contributed by atoms with Crippen LogP contribution in [0.15, 0.2) is 6.20 Å². The Hall–Kier alpha value is -1.44. The van der Waals surface area contributed by atoms with E-state index in [1.54, 1.807) is 10.9 Å². The first-order valence-electron chi connectivity index (χ1n) is 5.69. The Morgan fingerprint density at radius 2 is 2.39 bits per heavy atom. The zero-order valence-corrected chi connectivity index (χ0v) is 11.1. The zero-order chi connectivity index (χ0) is 13.1. The Balaban J connectivity index is 2.25. The second-order valence-electron chi connectivity index (χ2n) is 4.00. The van der Waals surface area contributed by atoms with Crippen LogP contribution < -0.4 is 11.3 Å². The van der Waals surface area contributed by atoms with E-state index in [9.17, 15) is 0 Å². The van der Waals surface area contributed by atoms with E-state index in [-0.39, 0.29) is 6.04 Å². The second kappa shape index (κ2) is 5.47. The highest BCUT2D eigenvalue weighted by Gasteiger charge is 2.20. The Kier molecular flexibility index (Phi) is 3.95. The summed E-state index contributed by atoms with van der Waals surface area (Å²) < 4.78 is 1.78. The number of H-pyrrole nitrogens is 1. The molecule has 8 heteroatoms. The standard InChI is InChI=1S/C10H16ClN7/c1-3-6-10(11)9(18(2)16-6)4-7(14-12)8-5-13-17-15-8/h5,7,14H,3-4,12H2,1-2H3,(H,13,15,17). The van der Waals surface area contributed by atoms with Gasteiger partial charge >= 0.3 is 0 Å². The van der Waals surface area contributed by atoms with E-state index in [4.69, 9.17) is 17.4 Å². The molecule has 0 amide bonds. The maximum Gasteiger partial charge on any atom is 0.101 e. The Morgan fingerprint density at radius 1 is 1.61 bits per heavy atom. The number of rotatable bonds is 5. The topological polar surface area (TPSA) is 97.4 Å². The van der Waals surface area contributed by atoms with Gasteiger partial charge in [0.25, 0.3) is 0 Å². The molecule has 0 aliphatic carbocycles. The van der Waals surface area contributed by atoms with E-state index in [2.05, 4.69) is 25.9 Å². The van der Waals surface area contributed by atoms with E-state index in [0.29, 0.717) is 11.4 Å². The molecule has 2 heterocycles. The van der Waals surface area contributed by atoms with Crippen molar-refractivity contribution in [1.82, 2.24) is 30.6 Å². The highest BCUT2D eigenvalue weighted by Crippen LogP contribution is 2.25. The van der Waals surface area contributed by atoms with E-state index < -0.39 is 0 Å². The first kappa shape index (κ1) is 13.0. The van der Waals surface area contributed by atoms with Gasteiger partial charge in [0.15, 0.2) is 0 Å². The predicted molar refractivity (Wildman–Crippen MR) is 67.7 cm³/mol. The minimum Gasteiger partial charge on any atom is -0.271 e. The molecule has 2 aromatic heterocycles. The fourth-order valence-electron chi connectivity index (χ4n) is 1.86. The Bertz CT molecular complexity index is 505. The average molecular weight is 270 g/mol. The number of hydrogen-bond acceptors (Lipinski definition) is 5. The maximum atomic E-state index is 6.30. The fraction of sp³-hybridized carbons (Fsp3) is 0.500. The van der Waals surface area contributed by atoms with Crippen LogP contribution in [0.5, 0.6) is 0 Å². The highest BCUT2D eigenvalue weighted by molar-refractivity contribution is 6.31. The highest BCUT2D eigenvalue weighted by atomic mass is 35.5. The molecule has 18 heavy (non-hydrogen) atoms. The van der Waals surface area contributed by atoms with Crippen LogP contribution in [0.1, 0.15) is 30.0 Å². The number of hydrazine groups is 1. The molecule has 7 nitrogen and oxygen atoms in total. The van der Waals surface area contributed by atoms with E-state index in [1.165, 1.54) is 0 Å². The molecule has 0 aliphatic heterocycles. The van der Waals surface area contributed by atoms with Gasteiger partial charge in [0.2, 0.25) is 0 Å². The molecular formula is C10H16ClN7. The van der Waals surface area contributed by atoms with Crippen molar-refractivity contribution in [2.45, 2.75) is 25.8 Å². The third kappa shape index (κ3) is 2.38. The van der Waals surface area contributed by atoms with E-state index >= 15 is 0 Å². The number of hydrogen-bond donors (Lipinski definition) is 3. The molecule has 1 unspecified atom stereocenters. The summed E-state index contributed by atoms with van der Waals surface area (Å²) in [5, 5.41) is 15.4. The van der Waals surface area contributed by atoms with Gasteiger partial charge in [-0.2, -0.15) is 20.5 Å². The number of halogens is 1. The SMILES string of the molecule is CCc1nn(C)c(CC(NN)c2cn[nH]n2)c1Cl. The third-order valence-corrected chi connectivity index (χ3v) is 3.33. The monoisotopic (exact) mass is 269 g/mol. The molecule has 0 saturated carbocycles. The lowest BCUT2D eigenvalue weighted by Gasteiger charge is -2.13. The predicted octanol–water partition coefficient (Wildman–Crippen LogP) is 0.501. The lowest BCUT2D eigenvalue weighted by molar-refractivity contribution is 0.517. The Morgan fingerprint density at radius 3 is 2.89 bits per heavy atom. The largest absolute Gasteiger partial charge is 0.271 e. The van der Waals surface area contributed by atoms with E-state index in [1.807, 2.05) is 14.0 Å². The van der Waals surface area contributed by atoms with Crippen LogP contribution in [0.4, 0.5) is 0 Å². The summed E-state index contributed by atoms with van der Waals surface area (Å²) in [6, 6.07) is -0.152. The average Bonchev–Trinajstić information content (AvgIpc) is 2.97. The summed E-state index contributed by atoms with van der Waals surface area (Å²) in [6.07, 6.45) is 3.04.